The van der Waals surface area contributed by atoms with E-state index in [1.807, 2.05) is 37.3 Å². The van der Waals surface area contributed by atoms with Gasteiger partial charge in [0.2, 0.25) is 0 Å². The van der Waals surface area contributed by atoms with Gasteiger partial charge in [-0.05, 0) is 43.0 Å². The van der Waals surface area contributed by atoms with Gasteiger partial charge in [0, 0.05) is 30.9 Å². The van der Waals surface area contributed by atoms with Gasteiger partial charge in [-0.2, -0.15) is 0 Å². The van der Waals surface area contributed by atoms with Crippen LogP contribution in [-0.2, 0) is 10.2 Å². The first kappa shape index (κ1) is 16.5. The Morgan fingerprint density at radius 1 is 1.08 bits per heavy atom. The molecule has 1 saturated heterocycles. The zero-order valence-corrected chi connectivity index (χ0v) is 14.0. The monoisotopic (exact) mass is 324 g/mol. The van der Waals surface area contributed by atoms with Crippen molar-refractivity contribution < 1.29 is 9.53 Å². The topological polar surface area (TPSA) is 50.4 Å². The molecule has 3 rings (SSSR count). The minimum atomic E-state index is -0.164. The minimum absolute atomic E-state index is 0.0521. The zero-order valence-electron chi connectivity index (χ0n) is 14.0. The summed E-state index contributed by atoms with van der Waals surface area (Å²) in [7, 11) is 0. The smallest absolute Gasteiger partial charge is 0.319 e. The summed E-state index contributed by atoms with van der Waals surface area (Å²) in [4.78, 5) is 12.3. The lowest BCUT2D eigenvalue weighted by molar-refractivity contribution is 0.0508. The summed E-state index contributed by atoms with van der Waals surface area (Å²) < 4.78 is 5.53. The highest BCUT2D eigenvalue weighted by atomic mass is 16.5. The quantitative estimate of drug-likeness (QED) is 0.897. The van der Waals surface area contributed by atoms with Gasteiger partial charge >= 0.3 is 6.03 Å². The van der Waals surface area contributed by atoms with Gasteiger partial charge in [0.25, 0.3) is 0 Å². The number of ether oxygens (including phenoxy) is 1. The van der Waals surface area contributed by atoms with Crippen LogP contribution in [-0.4, -0.2) is 25.8 Å². The molecule has 2 N–H and O–H groups in total. The molecule has 4 heteroatoms. The maximum atomic E-state index is 12.3. The summed E-state index contributed by atoms with van der Waals surface area (Å²) >= 11 is 0. The van der Waals surface area contributed by atoms with Gasteiger partial charge in [-0.15, -0.1) is 0 Å². The Morgan fingerprint density at radius 2 is 1.83 bits per heavy atom. The number of amides is 2. The Morgan fingerprint density at radius 3 is 2.54 bits per heavy atom. The summed E-state index contributed by atoms with van der Waals surface area (Å²) in [6.07, 6.45) is 1.84. The highest BCUT2D eigenvalue weighted by molar-refractivity contribution is 5.89. The molecule has 0 saturated carbocycles. The van der Waals surface area contributed by atoms with E-state index in [0.717, 1.165) is 37.3 Å². The molecule has 0 aromatic heterocycles. The third-order valence-corrected chi connectivity index (χ3v) is 4.70. The van der Waals surface area contributed by atoms with E-state index in [9.17, 15) is 4.79 Å². The first-order chi connectivity index (χ1) is 11.7. The van der Waals surface area contributed by atoms with Crippen molar-refractivity contribution in [3.05, 3.63) is 65.7 Å². The van der Waals surface area contributed by atoms with Crippen LogP contribution >= 0.6 is 0 Å². The number of aryl methyl sites for hydroxylation is 1. The second kappa shape index (κ2) is 7.49. The molecule has 1 fully saturated rings. The van der Waals surface area contributed by atoms with Gasteiger partial charge in [0.15, 0.2) is 0 Å². The number of benzene rings is 2. The molecule has 2 amide bonds. The molecule has 4 nitrogen and oxygen atoms in total. The molecule has 0 atom stereocenters. The van der Waals surface area contributed by atoms with Crippen LogP contribution in [0.25, 0.3) is 0 Å². The van der Waals surface area contributed by atoms with E-state index < -0.39 is 0 Å². The molecule has 0 radical (unpaired) electrons. The first-order valence-corrected chi connectivity index (χ1v) is 8.43. The van der Waals surface area contributed by atoms with Crippen molar-refractivity contribution in [3.63, 3.8) is 0 Å². The zero-order chi connectivity index (χ0) is 16.8. The van der Waals surface area contributed by atoms with E-state index in [1.54, 1.807) is 0 Å². The maximum absolute atomic E-state index is 12.3. The highest BCUT2D eigenvalue weighted by Gasteiger charge is 2.34. The van der Waals surface area contributed by atoms with Gasteiger partial charge in [0.05, 0.1) is 0 Å². The molecular formula is C20H24N2O2. The standard InChI is InChI=1S/C20H24N2O2/c1-16-6-5-9-18(14-16)22-19(23)21-15-20(10-12-24-13-11-20)17-7-3-2-4-8-17/h2-9,14H,10-13,15H2,1H3,(H2,21,22,23). The highest BCUT2D eigenvalue weighted by Crippen LogP contribution is 2.34. The molecule has 0 unspecified atom stereocenters. The fourth-order valence-electron chi connectivity index (χ4n) is 3.27. The van der Waals surface area contributed by atoms with Crippen LogP contribution in [0.5, 0.6) is 0 Å². The lowest BCUT2D eigenvalue weighted by Gasteiger charge is -2.38. The van der Waals surface area contributed by atoms with Gasteiger partial charge in [0.1, 0.15) is 0 Å². The van der Waals surface area contributed by atoms with E-state index in [4.69, 9.17) is 4.74 Å². The third-order valence-electron chi connectivity index (χ3n) is 4.70. The predicted molar refractivity (Wildman–Crippen MR) is 96.4 cm³/mol. The van der Waals surface area contributed by atoms with E-state index in [1.165, 1.54) is 5.56 Å². The number of carbonyl (C=O) groups is 1. The van der Waals surface area contributed by atoms with Gasteiger partial charge in [-0.1, -0.05) is 42.5 Å². The Kier molecular flexibility index (Phi) is 5.16. The summed E-state index contributed by atoms with van der Waals surface area (Å²) in [6.45, 7) is 4.08. The van der Waals surface area contributed by atoms with Crippen LogP contribution < -0.4 is 10.6 Å². The molecular weight excluding hydrogens is 300 g/mol. The Labute approximate surface area is 143 Å². The molecule has 1 heterocycles. The van der Waals surface area contributed by atoms with Crippen LogP contribution in [0.15, 0.2) is 54.6 Å². The average molecular weight is 324 g/mol. The van der Waals surface area contributed by atoms with E-state index in [0.29, 0.717) is 6.54 Å². The van der Waals surface area contributed by atoms with E-state index in [-0.39, 0.29) is 11.4 Å². The lowest BCUT2D eigenvalue weighted by Crippen LogP contribution is -2.45. The van der Waals surface area contributed by atoms with Crippen LogP contribution in [0.1, 0.15) is 24.0 Å². The van der Waals surface area contributed by atoms with E-state index in [2.05, 4.69) is 34.9 Å². The number of anilines is 1. The number of nitrogens with one attached hydrogen (secondary N) is 2. The lowest BCUT2D eigenvalue weighted by atomic mass is 9.74. The van der Waals surface area contributed by atoms with Crippen molar-refractivity contribution in [1.82, 2.24) is 5.32 Å². The predicted octanol–water partition coefficient (Wildman–Crippen LogP) is 3.86. The summed E-state index contributed by atoms with van der Waals surface area (Å²) in [5.74, 6) is 0. The Hall–Kier alpha value is -2.33. The second-order valence-electron chi connectivity index (χ2n) is 6.44. The summed E-state index contributed by atoms with van der Waals surface area (Å²) in [5, 5.41) is 5.96. The van der Waals surface area contributed by atoms with Crippen LogP contribution in [0, 0.1) is 6.92 Å². The molecule has 1 aliphatic rings. The fraction of sp³-hybridized carbons (Fsp3) is 0.350. The number of urea groups is 1. The SMILES string of the molecule is Cc1cccc(NC(=O)NCC2(c3ccccc3)CCOCC2)c1. The Bertz CT molecular complexity index is 679. The maximum Gasteiger partial charge on any atom is 0.319 e. The largest absolute Gasteiger partial charge is 0.381 e. The molecule has 0 spiro atoms. The van der Waals surface area contributed by atoms with Crippen LogP contribution in [0.2, 0.25) is 0 Å². The van der Waals surface area contributed by atoms with Gasteiger partial charge < -0.3 is 15.4 Å². The normalized spacial score (nSPS) is 16.4. The van der Waals surface area contributed by atoms with Crippen LogP contribution in [0.4, 0.5) is 10.5 Å². The van der Waals surface area contributed by atoms with Crippen molar-refractivity contribution in [2.24, 2.45) is 0 Å². The number of carbonyl (C=O) groups excluding carboxylic acids is 1. The van der Waals surface area contributed by atoms with Crippen molar-refractivity contribution >= 4 is 11.7 Å². The van der Waals surface area contributed by atoms with E-state index >= 15 is 0 Å². The van der Waals surface area contributed by atoms with Crippen molar-refractivity contribution in [3.8, 4) is 0 Å². The first-order valence-electron chi connectivity index (χ1n) is 8.43. The van der Waals surface area contributed by atoms with Crippen molar-refractivity contribution in [2.45, 2.75) is 25.2 Å². The second-order valence-corrected chi connectivity index (χ2v) is 6.44. The molecule has 126 valence electrons. The summed E-state index contributed by atoms with van der Waals surface area (Å²) in [6, 6.07) is 18.1. The number of hydrogen-bond donors (Lipinski definition) is 2. The molecule has 0 bridgehead atoms. The van der Waals surface area contributed by atoms with Crippen molar-refractivity contribution in [2.75, 3.05) is 25.1 Å². The van der Waals surface area contributed by atoms with Crippen LogP contribution in [0.3, 0.4) is 0 Å². The molecule has 2 aromatic carbocycles. The molecule has 1 aliphatic heterocycles. The Balaban J connectivity index is 1.66. The molecule has 24 heavy (non-hydrogen) atoms. The molecule has 0 aliphatic carbocycles. The third kappa shape index (κ3) is 3.95. The molecule has 2 aromatic rings. The fourth-order valence-corrected chi connectivity index (χ4v) is 3.27. The number of rotatable bonds is 4. The van der Waals surface area contributed by atoms with Crippen molar-refractivity contribution in [1.29, 1.82) is 0 Å². The minimum Gasteiger partial charge on any atom is -0.381 e. The van der Waals surface area contributed by atoms with Gasteiger partial charge in [-0.25, -0.2) is 4.79 Å². The van der Waals surface area contributed by atoms with Gasteiger partial charge in [-0.3, -0.25) is 0 Å². The average Bonchev–Trinajstić information content (AvgIpc) is 2.62. The number of hydrogen-bond acceptors (Lipinski definition) is 2. The summed E-state index contributed by atoms with van der Waals surface area (Å²) in [5.41, 5.74) is 3.15.